The molecule has 7 nitrogen and oxygen atoms in total. The molecular formula is C26H28N6O. The van der Waals surface area contributed by atoms with Crippen LogP contribution in [0, 0.1) is 5.41 Å². The lowest BCUT2D eigenvalue weighted by Crippen LogP contribution is -2.25. The Morgan fingerprint density at radius 1 is 1.12 bits per heavy atom. The summed E-state index contributed by atoms with van der Waals surface area (Å²) in [7, 11) is 2.01. The molecule has 0 spiro atoms. The van der Waals surface area contributed by atoms with E-state index >= 15 is 0 Å². The molecule has 2 heterocycles. The number of anilines is 1. The van der Waals surface area contributed by atoms with Crippen LogP contribution in [0.3, 0.4) is 0 Å². The van der Waals surface area contributed by atoms with Crippen molar-refractivity contribution in [1.82, 2.24) is 15.3 Å². The number of nitrogens with one attached hydrogen (secondary N) is 3. The highest BCUT2D eigenvalue weighted by Crippen LogP contribution is 2.23. The maximum absolute atomic E-state index is 12.6. The highest BCUT2D eigenvalue weighted by molar-refractivity contribution is 6.07. The van der Waals surface area contributed by atoms with Gasteiger partial charge in [0, 0.05) is 54.6 Å². The standard InChI is InChI=1S/C26H28N6O/c1-3-32(2)24-15-20(11-13-29-24)18-5-7-19(8-6-18)26(33)30-12-10-17-4-9-23-21(14-17)22(16-31-23)25(27)28/h4-9,11,13-16,31H,3,10,12H2,1-2H3,(H3,27,28)(H,30,33). The summed E-state index contributed by atoms with van der Waals surface area (Å²) in [6.45, 7) is 3.49. The summed E-state index contributed by atoms with van der Waals surface area (Å²) in [5.74, 6) is 0.857. The number of carbonyl (C=O) groups excluding carboxylic acids is 1. The maximum atomic E-state index is 12.6. The van der Waals surface area contributed by atoms with Gasteiger partial charge in [-0.3, -0.25) is 10.2 Å². The van der Waals surface area contributed by atoms with E-state index in [4.69, 9.17) is 11.1 Å². The Labute approximate surface area is 193 Å². The van der Waals surface area contributed by atoms with Crippen LogP contribution in [-0.2, 0) is 6.42 Å². The fourth-order valence-corrected chi connectivity index (χ4v) is 3.75. The molecule has 0 saturated heterocycles. The molecule has 4 rings (SSSR count). The first-order valence-corrected chi connectivity index (χ1v) is 11.0. The Balaban J connectivity index is 1.38. The van der Waals surface area contributed by atoms with Crippen LogP contribution in [0.25, 0.3) is 22.0 Å². The molecule has 33 heavy (non-hydrogen) atoms. The largest absolute Gasteiger partial charge is 0.384 e. The average Bonchev–Trinajstić information content (AvgIpc) is 3.27. The van der Waals surface area contributed by atoms with Crippen molar-refractivity contribution in [2.75, 3.05) is 25.0 Å². The molecule has 0 fully saturated rings. The fourth-order valence-electron chi connectivity index (χ4n) is 3.75. The molecule has 5 N–H and O–H groups in total. The molecular weight excluding hydrogens is 412 g/mol. The van der Waals surface area contributed by atoms with Crippen LogP contribution >= 0.6 is 0 Å². The summed E-state index contributed by atoms with van der Waals surface area (Å²) in [6.07, 6.45) is 4.24. The molecule has 1 amide bonds. The number of nitrogen functional groups attached to an aromatic ring is 1. The average molecular weight is 441 g/mol. The first-order valence-electron chi connectivity index (χ1n) is 11.0. The van der Waals surface area contributed by atoms with Crippen LogP contribution in [0.5, 0.6) is 0 Å². The summed E-state index contributed by atoms with van der Waals surface area (Å²) in [6, 6.07) is 17.6. The van der Waals surface area contributed by atoms with Crippen molar-refractivity contribution in [3.05, 3.63) is 83.7 Å². The van der Waals surface area contributed by atoms with Crippen LogP contribution < -0.4 is 16.0 Å². The molecule has 0 saturated carbocycles. The van der Waals surface area contributed by atoms with Gasteiger partial charge in [0.05, 0.1) is 0 Å². The number of rotatable bonds is 8. The van der Waals surface area contributed by atoms with Gasteiger partial charge in [-0.25, -0.2) is 4.98 Å². The number of hydrogen-bond donors (Lipinski definition) is 4. The summed E-state index contributed by atoms with van der Waals surface area (Å²) < 4.78 is 0. The highest BCUT2D eigenvalue weighted by atomic mass is 16.1. The van der Waals surface area contributed by atoms with E-state index in [2.05, 4.69) is 33.2 Å². The number of fused-ring (bicyclic) bond motifs is 1. The predicted octanol–water partition coefficient (Wildman–Crippen LogP) is 3.94. The molecule has 2 aromatic heterocycles. The minimum atomic E-state index is -0.102. The molecule has 0 aliphatic carbocycles. The molecule has 0 radical (unpaired) electrons. The van der Waals surface area contributed by atoms with Crippen LogP contribution in [-0.4, -0.2) is 41.8 Å². The number of benzene rings is 2. The van der Waals surface area contributed by atoms with Gasteiger partial charge in [0.1, 0.15) is 11.7 Å². The smallest absolute Gasteiger partial charge is 0.251 e. The second-order valence-corrected chi connectivity index (χ2v) is 8.00. The third-order valence-electron chi connectivity index (χ3n) is 5.83. The summed E-state index contributed by atoms with van der Waals surface area (Å²) in [5, 5.41) is 11.6. The van der Waals surface area contributed by atoms with Crippen LogP contribution in [0.1, 0.15) is 28.4 Å². The summed E-state index contributed by atoms with van der Waals surface area (Å²) in [5.41, 5.74) is 11.1. The normalized spacial score (nSPS) is 10.8. The van der Waals surface area contributed by atoms with Gasteiger partial charge in [-0.2, -0.15) is 0 Å². The van der Waals surface area contributed by atoms with Gasteiger partial charge in [-0.1, -0.05) is 18.2 Å². The zero-order valence-corrected chi connectivity index (χ0v) is 18.9. The molecule has 7 heteroatoms. The highest BCUT2D eigenvalue weighted by Gasteiger charge is 2.09. The van der Waals surface area contributed by atoms with Crippen molar-refractivity contribution in [1.29, 1.82) is 5.41 Å². The SMILES string of the molecule is CCN(C)c1cc(-c2ccc(C(=O)NCCc3ccc4[nH]cc(C(=N)N)c4c3)cc2)ccn1. The van der Waals surface area contributed by atoms with Gasteiger partial charge in [-0.15, -0.1) is 0 Å². The van der Waals surface area contributed by atoms with Crippen molar-refractivity contribution in [3.63, 3.8) is 0 Å². The van der Waals surface area contributed by atoms with Crippen molar-refractivity contribution in [2.24, 2.45) is 5.73 Å². The van der Waals surface area contributed by atoms with Gasteiger partial charge >= 0.3 is 0 Å². The maximum Gasteiger partial charge on any atom is 0.251 e. The molecule has 0 bridgehead atoms. The van der Waals surface area contributed by atoms with E-state index in [9.17, 15) is 4.79 Å². The Kier molecular flexibility index (Phi) is 6.40. The minimum absolute atomic E-state index is 0.0375. The molecule has 0 atom stereocenters. The summed E-state index contributed by atoms with van der Waals surface area (Å²) >= 11 is 0. The lowest BCUT2D eigenvalue weighted by Gasteiger charge is -2.16. The van der Waals surface area contributed by atoms with Crippen molar-refractivity contribution >= 4 is 28.5 Å². The van der Waals surface area contributed by atoms with Gasteiger partial charge in [0.2, 0.25) is 0 Å². The predicted molar refractivity (Wildman–Crippen MR) is 134 cm³/mol. The topological polar surface area (TPSA) is 111 Å². The van der Waals surface area contributed by atoms with Gasteiger partial charge in [0.25, 0.3) is 5.91 Å². The van der Waals surface area contributed by atoms with E-state index in [1.54, 1.807) is 6.20 Å². The number of aromatic amines is 1. The van der Waals surface area contributed by atoms with E-state index in [1.807, 2.05) is 61.8 Å². The third kappa shape index (κ3) is 4.87. The first kappa shape index (κ1) is 22.1. The molecule has 0 aliphatic rings. The van der Waals surface area contributed by atoms with Gasteiger partial charge in [0.15, 0.2) is 0 Å². The number of pyridine rings is 1. The Morgan fingerprint density at radius 3 is 2.64 bits per heavy atom. The Bertz CT molecular complexity index is 1290. The number of nitrogens with two attached hydrogens (primary N) is 1. The zero-order chi connectivity index (χ0) is 23.4. The van der Waals surface area contributed by atoms with Crippen molar-refractivity contribution < 1.29 is 4.79 Å². The molecule has 2 aromatic carbocycles. The molecule has 0 unspecified atom stereocenters. The number of carbonyl (C=O) groups is 1. The van der Waals surface area contributed by atoms with Crippen molar-refractivity contribution in [2.45, 2.75) is 13.3 Å². The van der Waals surface area contributed by atoms with Crippen LogP contribution in [0.2, 0.25) is 0 Å². The molecule has 0 aliphatic heterocycles. The second-order valence-electron chi connectivity index (χ2n) is 8.00. The van der Waals surface area contributed by atoms with E-state index in [1.165, 1.54) is 0 Å². The summed E-state index contributed by atoms with van der Waals surface area (Å²) in [4.78, 5) is 22.2. The lowest BCUT2D eigenvalue weighted by molar-refractivity contribution is 0.0954. The minimum Gasteiger partial charge on any atom is -0.384 e. The second kappa shape index (κ2) is 9.56. The quantitative estimate of drug-likeness (QED) is 0.246. The lowest BCUT2D eigenvalue weighted by atomic mass is 10.0. The number of amides is 1. The number of aromatic nitrogens is 2. The van der Waals surface area contributed by atoms with Crippen molar-refractivity contribution in [3.8, 4) is 11.1 Å². The van der Waals surface area contributed by atoms with Gasteiger partial charge < -0.3 is 20.9 Å². The van der Waals surface area contributed by atoms with Crippen LogP contribution in [0.4, 0.5) is 5.82 Å². The van der Waals surface area contributed by atoms with Crippen LogP contribution in [0.15, 0.2) is 67.0 Å². The Hall–Kier alpha value is -4.13. The molecule has 168 valence electrons. The van der Waals surface area contributed by atoms with Gasteiger partial charge in [-0.05, 0) is 66.4 Å². The van der Waals surface area contributed by atoms with E-state index in [0.29, 0.717) is 24.1 Å². The number of amidine groups is 1. The number of hydrogen-bond acceptors (Lipinski definition) is 4. The Morgan fingerprint density at radius 2 is 1.91 bits per heavy atom. The first-order chi connectivity index (χ1) is 16.0. The number of nitrogens with zero attached hydrogens (tertiary/aromatic N) is 2. The zero-order valence-electron chi connectivity index (χ0n) is 18.9. The monoisotopic (exact) mass is 440 g/mol. The number of H-pyrrole nitrogens is 1. The van der Waals surface area contributed by atoms with E-state index in [-0.39, 0.29) is 11.7 Å². The third-order valence-corrected chi connectivity index (χ3v) is 5.83. The fraction of sp³-hybridized carbons (Fsp3) is 0.192. The van der Waals surface area contributed by atoms with E-state index < -0.39 is 0 Å². The molecule has 4 aromatic rings. The van der Waals surface area contributed by atoms with E-state index in [0.717, 1.165) is 40.0 Å².